The Kier molecular flexibility index (Phi) is 3.99. The molecule has 0 aliphatic carbocycles. The SMILES string of the molecule is COC(=O)c1cc(N2CCOCC2)nc(N)c1[N+](=O)[O-]. The highest BCUT2D eigenvalue weighted by molar-refractivity contribution is 5.96. The predicted molar refractivity (Wildman–Crippen MR) is 69.7 cm³/mol. The Morgan fingerprint density at radius 1 is 1.55 bits per heavy atom. The third kappa shape index (κ3) is 2.62. The van der Waals surface area contributed by atoms with Crippen molar-refractivity contribution in [1.29, 1.82) is 0 Å². The first kappa shape index (κ1) is 14.0. The van der Waals surface area contributed by atoms with Gasteiger partial charge >= 0.3 is 11.7 Å². The monoisotopic (exact) mass is 282 g/mol. The number of morpholine rings is 1. The minimum Gasteiger partial charge on any atom is -0.465 e. The average Bonchev–Trinajstić information content (AvgIpc) is 2.46. The van der Waals surface area contributed by atoms with E-state index in [9.17, 15) is 14.9 Å². The molecular formula is C11H14N4O5. The summed E-state index contributed by atoms with van der Waals surface area (Å²) in [6, 6.07) is 1.33. The second-order valence-electron chi connectivity index (χ2n) is 4.11. The number of hydrogen-bond acceptors (Lipinski definition) is 8. The Hall–Kier alpha value is -2.42. The molecule has 9 nitrogen and oxygen atoms in total. The van der Waals surface area contributed by atoms with E-state index in [4.69, 9.17) is 10.5 Å². The number of carbonyl (C=O) groups is 1. The fourth-order valence-corrected chi connectivity index (χ4v) is 1.96. The van der Waals surface area contributed by atoms with Crippen LogP contribution in [0.3, 0.4) is 0 Å². The van der Waals surface area contributed by atoms with E-state index in [0.717, 1.165) is 7.11 Å². The van der Waals surface area contributed by atoms with E-state index in [2.05, 4.69) is 9.72 Å². The van der Waals surface area contributed by atoms with E-state index in [1.54, 1.807) is 0 Å². The van der Waals surface area contributed by atoms with Crippen LogP contribution in [0, 0.1) is 10.1 Å². The lowest BCUT2D eigenvalue weighted by molar-refractivity contribution is -0.384. The number of anilines is 2. The number of rotatable bonds is 3. The van der Waals surface area contributed by atoms with Gasteiger partial charge in [-0.25, -0.2) is 9.78 Å². The summed E-state index contributed by atoms with van der Waals surface area (Å²) in [5.41, 5.74) is 4.87. The number of nitro groups is 1. The Morgan fingerprint density at radius 2 is 2.20 bits per heavy atom. The van der Waals surface area contributed by atoms with Crippen LogP contribution in [0.4, 0.5) is 17.3 Å². The molecule has 1 aromatic heterocycles. The molecule has 1 aromatic rings. The Balaban J connectivity index is 2.48. The molecule has 1 aliphatic heterocycles. The first-order chi connectivity index (χ1) is 9.54. The molecule has 1 fully saturated rings. The van der Waals surface area contributed by atoms with Crippen molar-refractivity contribution in [3.8, 4) is 0 Å². The molecule has 0 aromatic carbocycles. The summed E-state index contributed by atoms with van der Waals surface area (Å²) in [4.78, 5) is 27.8. The molecule has 0 unspecified atom stereocenters. The van der Waals surface area contributed by atoms with Gasteiger partial charge in [0.1, 0.15) is 11.4 Å². The third-order valence-electron chi connectivity index (χ3n) is 2.93. The number of nitrogen functional groups attached to an aromatic ring is 1. The van der Waals surface area contributed by atoms with E-state index >= 15 is 0 Å². The van der Waals surface area contributed by atoms with Crippen LogP contribution in [-0.4, -0.2) is 49.3 Å². The van der Waals surface area contributed by atoms with Gasteiger partial charge in [-0.1, -0.05) is 0 Å². The Labute approximate surface area is 114 Å². The number of aromatic nitrogens is 1. The van der Waals surface area contributed by atoms with Crippen LogP contribution in [0.15, 0.2) is 6.07 Å². The summed E-state index contributed by atoms with van der Waals surface area (Å²) in [7, 11) is 1.15. The minimum atomic E-state index is -0.819. The summed E-state index contributed by atoms with van der Waals surface area (Å²) in [6.45, 7) is 2.19. The van der Waals surface area contributed by atoms with E-state index in [-0.39, 0.29) is 11.4 Å². The van der Waals surface area contributed by atoms with Gasteiger partial charge in [-0.3, -0.25) is 10.1 Å². The molecule has 1 saturated heterocycles. The third-order valence-corrected chi connectivity index (χ3v) is 2.93. The minimum absolute atomic E-state index is 0.202. The molecule has 9 heteroatoms. The van der Waals surface area contributed by atoms with Gasteiger partial charge in [0.25, 0.3) is 0 Å². The van der Waals surface area contributed by atoms with Crippen LogP contribution in [0.5, 0.6) is 0 Å². The summed E-state index contributed by atoms with van der Waals surface area (Å²) in [6.07, 6.45) is 0. The maximum Gasteiger partial charge on any atom is 0.345 e. The topological polar surface area (TPSA) is 121 Å². The molecule has 2 rings (SSSR count). The quantitative estimate of drug-likeness (QED) is 0.474. The molecular weight excluding hydrogens is 268 g/mol. The van der Waals surface area contributed by atoms with Crippen LogP contribution in [0.2, 0.25) is 0 Å². The molecule has 0 amide bonds. The molecule has 1 aliphatic rings. The van der Waals surface area contributed by atoms with Crippen LogP contribution in [-0.2, 0) is 9.47 Å². The van der Waals surface area contributed by atoms with Crippen LogP contribution in [0.1, 0.15) is 10.4 Å². The van der Waals surface area contributed by atoms with Crippen LogP contribution in [0.25, 0.3) is 0 Å². The first-order valence-electron chi connectivity index (χ1n) is 5.90. The predicted octanol–water partition coefficient (Wildman–Crippen LogP) is 0.195. The zero-order chi connectivity index (χ0) is 14.7. The second-order valence-corrected chi connectivity index (χ2v) is 4.11. The highest BCUT2D eigenvalue weighted by Crippen LogP contribution is 2.29. The highest BCUT2D eigenvalue weighted by atomic mass is 16.6. The number of ether oxygens (including phenoxy) is 2. The molecule has 0 radical (unpaired) electrons. The van der Waals surface area contributed by atoms with E-state index < -0.39 is 16.6 Å². The van der Waals surface area contributed by atoms with Crippen molar-refractivity contribution in [1.82, 2.24) is 4.98 Å². The number of pyridine rings is 1. The molecule has 2 heterocycles. The Bertz CT molecular complexity index is 542. The van der Waals surface area contributed by atoms with Gasteiger partial charge in [0.15, 0.2) is 0 Å². The van der Waals surface area contributed by atoms with Gasteiger partial charge < -0.3 is 20.1 Å². The molecule has 20 heavy (non-hydrogen) atoms. The first-order valence-corrected chi connectivity index (χ1v) is 5.90. The number of esters is 1. The molecule has 0 spiro atoms. The largest absolute Gasteiger partial charge is 0.465 e. The maximum atomic E-state index is 11.7. The van der Waals surface area contributed by atoms with Crippen molar-refractivity contribution >= 4 is 23.3 Å². The number of carbonyl (C=O) groups excluding carboxylic acids is 1. The normalized spacial score (nSPS) is 14.9. The van der Waals surface area contributed by atoms with Crippen molar-refractivity contribution < 1.29 is 19.2 Å². The van der Waals surface area contributed by atoms with Crippen molar-refractivity contribution in [3.05, 3.63) is 21.7 Å². The van der Waals surface area contributed by atoms with Gasteiger partial charge in [-0.2, -0.15) is 0 Å². The second kappa shape index (κ2) is 5.70. The summed E-state index contributed by atoms with van der Waals surface area (Å²) >= 11 is 0. The molecule has 0 saturated carbocycles. The van der Waals surface area contributed by atoms with Crippen molar-refractivity contribution in [2.45, 2.75) is 0 Å². The summed E-state index contributed by atoms with van der Waals surface area (Å²) < 4.78 is 9.77. The lowest BCUT2D eigenvalue weighted by Crippen LogP contribution is -2.37. The highest BCUT2D eigenvalue weighted by Gasteiger charge is 2.28. The fraction of sp³-hybridized carbons (Fsp3) is 0.455. The van der Waals surface area contributed by atoms with E-state index in [1.807, 2.05) is 4.90 Å². The molecule has 108 valence electrons. The lowest BCUT2D eigenvalue weighted by Gasteiger charge is -2.28. The Morgan fingerprint density at radius 3 is 2.75 bits per heavy atom. The number of nitrogens with zero attached hydrogens (tertiary/aromatic N) is 3. The molecule has 0 atom stereocenters. The fourth-order valence-electron chi connectivity index (χ4n) is 1.96. The average molecular weight is 282 g/mol. The van der Waals surface area contributed by atoms with Crippen molar-refractivity contribution in [3.63, 3.8) is 0 Å². The standard InChI is InChI=1S/C11H14N4O5/c1-19-11(16)7-6-8(14-2-4-20-5-3-14)13-10(12)9(7)15(17)18/h6H,2-5H2,1H3,(H2,12,13). The summed E-state index contributed by atoms with van der Waals surface area (Å²) in [5, 5.41) is 11.0. The smallest absolute Gasteiger partial charge is 0.345 e. The number of methoxy groups -OCH3 is 1. The van der Waals surface area contributed by atoms with Crippen molar-refractivity contribution in [2.75, 3.05) is 44.0 Å². The molecule has 2 N–H and O–H groups in total. The van der Waals surface area contributed by atoms with Gasteiger partial charge in [0.2, 0.25) is 5.82 Å². The number of nitrogens with two attached hydrogens (primary N) is 1. The molecule has 0 bridgehead atoms. The zero-order valence-electron chi connectivity index (χ0n) is 10.9. The number of hydrogen-bond donors (Lipinski definition) is 1. The zero-order valence-corrected chi connectivity index (χ0v) is 10.9. The van der Waals surface area contributed by atoms with E-state index in [0.29, 0.717) is 32.1 Å². The van der Waals surface area contributed by atoms with Crippen LogP contribution < -0.4 is 10.6 Å². The van der Waals surface area contributed by atoms with Gasteiger partial charge in [0, 0.05) is 19.2 Å². The van der Waals surface area contributed by atoms with Gasteiger partial charge in [-0.15, -0.1) is 0 Å². The van der Waals surface area contributed by atoms with Crippen LogP contribution >= 0.6 is 0 Å². The van der Waals surface area contributed by atoms with Gasteiger partial charge in [0.05, 0.1) is 25.2 Å². The lowest BCUT2D eigenvalue weighted by atomic mass is 10.2. The summed E-state index contributed by atoms with van der Waals surface area (Å²) in [5.74, 6) is -0.725. The van der Waals surface area contributed by atoms with Crippen molar-refractivity contribution in [2.24, 2.45) is 0 Å². The van der Waals surface area contributed by atoms with E-state index in [1.165, 1.54) is 6.07 Å². The van der Waals surface area contributed by atoms with Gasteiger partial charge in [-0.05, 0) is 0 Å². The maximum absolute atomic E-state index is 11.7.